The van der Waals surface area contributed by atoms with E-state index in [2.05, 4.69) is 22.3 Å². The smallest absolute Gasteiger partial charge is 0.243 e. The Morgan fingerprint density at radius 3 is 3.11 bits per heavy atom. The highest BCUT2D eigenvalue weighted by Gasteiger charge is 2.29. The fourth-order valence-corrected chi connectivity index (χ4v) is 3.60. The van der Waals surface area contributed by atoms with Crippen molar-refractivity contribution in [1.82, 2.24) is 14.6 Å². The van der Waals surface area contributed by atoms with Crippen LogP contribution < -0.4 is 5.32 Å². The molecule has 3 heterocycles. The third kappa shape index (κ3) is 2.19. The maximum atomic E-state index is 4.50. The first-order valence-corrected chi connectivity index (χ1v) is 7.35. The van der Waals surface area contributed by atoms with Gasteiger partial charge in [0.15, 0.2) is 5.65 Å². The van der Waals surface area contributed by atoms with E-state index in [1.807, 2.05) is 41.4 Å². The van der Waals surface area contributed by atoms with Crippen LogP contribution in [0.25, 0.3) is 5.65 Å². The lowest BCUT2D eigenvalue weighted by atomic mass is 10.1. The van der Waals surface area contributed by atoms with Crippen LogP contribution in [0.3, 0.4) is 0 Å². The van der Waals surface area contributed by atoms with Gasteiger partial charge < -0.3 is 5.32 Å². The molecule has 18 heavy (non-hydrogen) atoms. The molecular weight excluding hydrogens is 244 g/mol. The van der Waals surface area contributed by atoms with E-state index in [1.54, 1.807) is 0 Å². The zero-order valence-corrected chi connectivity index (χ0v) is 11.6. The molecule has 0 bridgehead atoms. The van der Waals surface area contributed by atoms with E-state index in [1.165, 1.54) is 18.6 Å². The average Bonchev–Trinajstić information content (AvgIpc) is 2.94. The third-order valence-corrected chi connectivity index (χ3v) is 5.01. The van der Waals surface area contributed by atoms with Gasteiger partial charge in [-0.1, -0.05) is 6.07 Å². The van der Waals surface area contributed by atoms with Gasteiger partial charge in [-0.05, 0) is 44.6 Å². The van der Waals surface area contributed by atoms with Crippen LogP contribution >= 0.6 is 11.8 Å². The number of nitrogens with one attached hydrogen (secondary N) is 1. The normalized spacial score (nSPS) is 23.7. The SMILES string of the molecule is Cc1cccc2nc(NCC3(C)CCCS3)nn12. The molecule has 0 spiro atoms. The summed E-state index contributed by atoms with van der Waals surface area (Å²) in [6.45, 7) is 5.30. The van der Waals surface area contributed by atoms with E-state index in [0.717, 1.165) is 23.8 Å². The zero-order valence-electron chi connectivity index (χ0n) is 10.8. The largest absolute Gasteiger partial charge is 0.352 e. The molecule has 1 aliphatic heterocycles. The Kier molecular flexibility index (Phi) is 2.93. The molecule has 96 valence electrons. The molecule has 4 nitrogen and oxygen atoms in total. The molecule has 0 amide bonds. The van der Waals surface area contributed by atoms with E-state index in [4.69, 9.17) is 0 Å². The molecular formula is C13H18N4S. The van der Waals surface area contributed by atoms with Gasteiger partial charge in [0.1, 0.15) is 0 Å². The van der Waals surface area contributed by atoms with Gasteiger partial charge in [0, 0.05) is 17.0 Å². The van der Waals surface area contributed by atoms with Gasteiger partial charge in [-0.3, -0.25) is 0 Å². The average molecular weight is 262 g/mol. The van der Waals surface area contributed by atoms with Gasteiger partial charge in [-0.25, -0.2) is 4.52 Å². The molecule has 0 aliphatic carbocycles. The summed E-state index contributed by atoms with van der Waals surface area (Å²) < 4.78 is 2.22. The first-order valence-electron chi connectivity index (χ1n) is 6.37. The first kappa shape index (κ1) is 11.8. The monoisotopic (exact) mass is 262 g/mol. The van der Waals surface area contributed by atoms with Gasteiger partial charge in [-0.2, -0.15) is 16.7 Å². The summed E-state index contributed by atoms with van der Waals surface area (Å²) in [5, 5.41) is 7.87. The second-order valence-electron chi connectivity index (χ2n) is 5.13. The summed E-state index contributed by atoms with van der Waals surface area (Å²) in [4.78, 5) is 4.50. The Morgan fingerprint density at radius 2 is 2.39 bits per heavy atom. The molecule has 3 rings (SSSR count). The Balaban J connectivity index is 1.77. The topological polar surface area (TPSA) is 42.2 Å². The number of nitrogens with zero attached hydrogens (tertiary/aromatic N) is 3. The Labute approximate surface area is 111 Å². The van der Waals surface area contributed by atoms with Gasteiger partial charge in [0.2, 0.25) is 5.95 Å². The number of pyridine rings is 1. The molecule has 5 heteroatoms. The van der Waals surface area contributed by atoms with Crippen molar-refractivity contribution in [3.8, 4) is 0 Å². The summed E-state index contributed by atoms with van der Waals surface area (Å²) in [7, 11) is 0. The molecule has 1 atom stereocenters. The minimum Gasteiger partial charge on any atom is -0.352 e. The van der Waals surface area contributed by atoms with Crippen molar-refractivity contribution in [1.29, 1.82) is 0 Å². The highest BCUT2D eigenvalue weighted by Crippen LogP contribution is 2.37. The Hall–Kier alpha value is -1.23. The molecule has 1 aliphatic rings. The minimum atomic E-state index is 0.340. The number of aryl methyl sites for hydroxylation is 1. The molecule has 1 unspecified atom stereocenters. The number of hydrogen-bond donors (Lipinski definition) is 1. The van der Waals surface area contributed by atoms with Crippen molar-refractivity contribution in [2.24, 2.45) is 0 Å². The molecule has 0 saturated carbocycles. The number of hydrogen-bond acceptors (Lipinski definition) is 4. The molecule has 2 aromatic heterocycles. The molecule has 1 saturated heterocycles. The molecule has 1 N–H and O–H groups in total. The van der Waals surface area contributed by atoms with Crippen LogP contribution in [0.15, 0.2) is 18.2 Å². The quantitative estimate of drug-likeness (QED) is 0.923. The number of aromatic nitrogens is 3. The van der Waals surface area contributed by atoms with Gasteiger partial charge in [-0.15, -0.1) is 5.10 Å². The summed E-state index contributed by atoms with van der Waals surface area (Å²) in [6, 6.07) is 6.04. The Morgan fingerprint density at radius 1 is 1.50 bits per heavy atom. The maximum absolute atomic E-state index is 4.50. The molecule has 1 fully saturated rings. The zero-order chi connectivity index (χ0) is 12.6. The number of anilines is 1. The highest BCUT2D eigenvalue weighted by atomic mass is 32.2. The predicted molar refractivity (Wildman–Crippen MR) is 76.3 cm³/mol. The van der Waals surface area contributed by atoms with Gasteiger partial charge in [0.25, 0.3) is 0 Å². The van der Waals surface area contributed by atoms with E-state index in [9.17, 15) is 0 Å². The summed E-state index contributed by atoms with van der Waals surface area (Å²) in [5.41, 5.74) is 2.01. The lowest BCUT2D eigenvalue weighted by Gasteiger charge is -2.22. The highest BCUT2D eigenvalue weighted by molar-refractivity contribution is 8.00. The van der Waals surface area contributed by atoms with Gasteiger partial charge in [0.05, 0.1) is 0 Å². The van der Waals surface area contributed by atoms with Crippen LogP contribution in [0.5, 0.6) is 0 Å². The molecule has 0 aromatic carbocycles. The van der Waals surface area contributed by atoms with E-state index in [0.29, 0.717) is 4.75 Å². The van der Waals surface area contributed by atoms with E-state index >= 15 is 0 Å². The summed E-state index contributed by atoms with van der Waals surface area (Å²) in [5.74, 6) is 2.01. The van der Waals surface area contributed by atoms with Crippen molar-refractivity contribution in [3.63, 3.8) is 0 Å². The van der Waals surface area contributed by atoms with Crippen LogP contribution in [0.1, 0.15) is 25.5 Å². The lowest BCUT2D eigenvalue weighted by Crippen LogP contribution is -2.27. The van der Waals surface area contributed by atoms with Crippen molar-refractivity contribution in [2.45, 2.75) is 31.4 Å². The standard InChI is InChI=1S/C13H18N4S/c1-10-5-3-6-11-15-12(16-17(10)11)14-9-13(2)7-4-8-18-13/h3,5-6H,4,7-9H2,1-2H3,(H,14,16). The van der Waals surface area contributed by atoms with E-state index in [-0.39, 0.29) is 0 Å². The fourth-order valence-electron chi connectivity index (χ4n) is 2.35. The van der Waals surface area contributed by atoms with Crippen molar-refractivity contribution in [2.75, 3.05) is 17.6 Å². The van der Waals surface area contributed by atoms with Crippen molar-refractivity contribution < 1.29 is 0 Å². The van der Waals surface area contributed by atoms with Crippen LogP contribution in [-0.4, -0.2) is 31.6 Å². The van der Waals surface area contributed by atoms with Crippen molar-refractivity contribution >= 4 is 23.4 Å². The summed E-state index contributed by atoms with van der Waals surface area (Å²) in [6.07, 6.45) is 2.59. The van der Waals surface area contributed by atoms with Crippen LogP contribution in [0.2, 0.25) is 0 Å². The van der Waals surface area contributed by atoms with E-state index < -0.39 is 0 Å². The van der Waals surface area contributed by atoms with Crippen molar-refractivity contribution in [3.05, 3.63) is 23.9 Å². The first-order chi connectivity index (χ1) is 8.66. The number of rotatable bonds is 3. The van der Waals surface area contributed by atoms with Crippen LogP contribution in [0, 0.1) is 6.92 Å². The Bertz CT molecular complexity index is 557. The number of thioether (sulfide) groups is 1. The van der Waals surface area contributed by atoms with Crippen LogP contribution in [0.4, 0.5) is 5.95 Å². The van der Waals surface area contributed by atoms with Crippen LogP contribution in [-0.2, 0) is 0 Å². The third-order valence-electron chi connectivity index (χ3n) is 3.47. The second kappa shape index (κ2) is 4.46. The maximum Gasteiger partial charge on any atom is 0.243 e. The second-order valence-corrected chi connectivity index (χ2v) is 6.81. The molecule has 0 radical (unpaired) electrons. The minimum absolute atomic E-state index is 0.340. The fraction of sp³-hybridized carbons (Fsp3) is 0.538. The predicted octanol–water partition coefficient (Wildman–Crippen LogP) is 2.74. The lowest BCUT2D eigenvalue weighted by molar-refractivity contribution is 0.632. The number of fused-ring (bicyclic) bond motifs is 1. The summed E-state index contributed by atoms with van der Waals surface area (Å²) >= 11 is 2.05. The molecule has 2 aromatic rings. The van der Waals surface area contributed by atoms with Gasteiger partial charge >= 0.3 is 0 Å².